The van der Waals surface area contributed by atoms with Crippen LogP contribution >= 0.6 is 0 Å². The summed E-state index contributed by atoms with van der Waals surface area (Å²) in [4.78, 5) is 16.6. The van der Waals surface area contributed by atoms with E-state index in [0.29, 0.717) is 30.4 Å². The third-order valence-electron chi connectivity index (χ3n) is 3.00. The van der Waals surface area contributed by atoms with Gasteiger partial charge < -0.3 is 24.0 Å². The Labute approximate surface area is 140 Å². The van der Waals surface area contributed by atoms with E-state index < -0.39 is 0 Å². The van der Waals surface area contributed by atoms with Crippen molar-refractivity contribution in [2.24, 2.45) is 5.16 Å². The van der Waals surface area contributed by atoms with Gasteiger partial charge in [-0.3, -0.25) is 4.79 Å². The second kappa shape index (κ2) is 9.24. The van der Waals surface area contributed by atoms with E-state index in [-0.39, 0.29) is 12.5 Å². The minimum atomic E-state index is -0.284. The van der Waals surface area contributed by atoms with Crippen molar-refractivity contribution in [1.29, 1.82) is 0 Å². The lowest BCUT2D eigenvalue weighted by Crippen LogP contribution is -2.26. The first-order chi connectivity index (χ1) is 11.7. The Bertz CT molecular complexity index is 668. The highest BCUT2D eigenvalue weighted by Crippen LogP contribution is 2.27. The van der Waals surface area contributed by atoms with Crippen molar-refractivity contribution in [2.45, 2.75) is 13.5 Å². The molecule has 0 radical (unpaired) electrons. The summed E-state index contributed by atoms with van der Waals surface area (Å²) in [6, 6.07) is 8.91. The summed E-state index contributed by atoms with van der Waals surface area (Å²) in [5, 5.41) is 6.43. The van der Waals surface area contributed by atoms with Crippen LogP contribution in [-0.2, 0) is 16.2 Å². The Balaban J connectivity index is 1.77. The Hall–Kier alpha value is -2.96. The molecule has 0 bridgehead atoms. The van der Waals surface area contributed by atoms with E-state index in [1.54, 1.807) is 37.6 Å². The molecule has 0 unspecified atom stereocenters. The van der Waals surface area contributed by atoms with E-state index in [2.05, 4.69) is 10.5 Å². The highest BCUT2D eigenvalue weighted by atomic mass is 16.6. The zero-order valence-electron chi connectivity index (χ0n) is 13.7. The Morgan fingerprint density at radius 2 is 2.21 bits per heavy atom. The Morgan fingerprint density at radius 1 is 1.33 bits per heavy atom. The van der Waals surface area contributed by atoms with Crippen molar-refractivity contribution >= 4 is 12.1 Å². The molecule has 1 N–H and O–H groups in total. The number of nitrogens with one attached hydrogen (secondary N) is 1. The van der Waals surface area contributed by atoms with Crippen molar-refractivity contribution in [3.8, 4) is 11.5 Å². The van der Waals surface area contributed by atoms with Crippen molar-refractivity contribution in [2.75, 3.05) is 20.3 Å². The van der Waals surface area contributed by atoms with Gasteiger partial charge in [-0.15, -0.1) is 0 Å². The summed E-state index contributed by atoms with van der Waals surface area (Å²) >= 11 is 0. The van der Waals surface area contributed by atoms with Crippen LogP contribution in [0.4, 0.5) is 0 Å². The molecule has 0 fully saturated rings. The van der Waals surface area contributed by atoms with E-state index >= 15 is 0 Å². The number of carbonyl (C=O) groups is 1. The zero-order valence-corrected chi connectivity index (χ0v) is 13.7. The number of benzene rings is 1. The van der Waals surface area contributed by atoms with Crippen LogP contribution < -0.4 is 14.8 Å². The van der Waals surface area contributed by atoms with Gasteiger partial charge in [-0.2, -0.15) is 0 Å². The van der Waals surface area contributed by atoms with Crippen molar-refractivity contribution < 1.29 is 23.5 Å². The predicted molar refractivity (Wildman–Crippen MR) is 88.3 cm³/mol. The third-order valence-corrected chi connectivity index (χ3v) is 3.00. The van der Waals surface area contributed by atoms with Gasteiger partial charge in [-0.1, -0.05) is 5.16 Å². The van der Waals surface area contributed by atoms with Gasteiger partial charge in [0, 0.05) is 5.56 Å². The number of oxime groups is 1. The van der Waals surface area contributed by atoms with E-state index in [1.807, 2.05) is 13.0 Å². The Morgan fingerprint density at radius 3 is 2.92 bits per heavy atom. The number of ether oxygens (including phenoxy) is 2. The molecule has 128 valence electrons. The smallest absolute Gasteiger partial charge is 0.261 e. The molecule has 7 nitrogen and oxygen atoms in total. The summed E-state index contributed by atoms with van der Waals surface area (Å²) < 4.78 is 15.8. The quantitative estimate of drug-likeness (QED) is 0.563. The van der Waals surface area contributed by atoms with Gasteiger partial charge in [-0.25, -0.2) is 0 Å². The molecule has 2 aromatic rings. The molecule has 2 rings (SSSR count). The summed E-state index contributed by atoms with van der Waals surface area (Å²) in [5.74, 6) is 1.66. The van der Waals surface area contributed by atoms with E-state index in [9.17, 15) is 4.79 Å². The van der Waals surface area contributed by atoms with Gasteiger partial charge >= 0.3 is 0 Å². The van der Waals surface area contributed by atoms with Gasteiger partial charge in [-0.05, 0) is 37.3 Å². The molecule has 0 spiro atoms. The third kappa shape index (κ3) is 5.35. The average Bonchev–Trinajstić information content (AvgIpc) is 3.11. The van der Waals surface area contributed by atoms with Crippen LogP contribution in [0.2, 0.25) is 0 Å². The van der Waals surface area contributed by atoms with Gasteiger partial charge in [0.25, 0.3) is 5.91 Å². The number of rotatable bonds is 9. The zero-order chi connectivity index (χ0) is 17.2. The summed E-state index contributed by atoms with van der Waals surface area (Å²) in [6.45, 7) is 2.60. The molecule has 1 heterocycles. The largest absolute Gasteiger partial charge is 0.493 e. The van der Waals surface area contributed by atoms with Crippen LogP contribution in [0.3, 0.4) is 0 Å². The lowest BCUT2D eigenvalue weighted by Gasteiger charge is -2.09. The molecule has 0 aliphatic rings. The maximum atomic E-state index is 11.6. The van der Waals surface area contributed by atoms with Gasteiger partial charge in [0.1, 0.15) is 5.76 Å². The fraction of sp³-hybridized carbons (Fsp3) is 0.294. The minimum Gasteiger partial charge on any atom is -0.493 e. The molecule has 1 aromatic heterocycles. The number of hydrogen-bond acceptors (Lipinski definition) is 6. The van der Waals surface area contributed by atoms with Crippen LogP contribution in [-0.4, -0.2) is 32.4 Å². The number of nitrogens with zero attached hydrogens (tertiary/aromatic N) is 1. The van der Waals surface area contributed by atoms with E-state index in [4.69, 9.17) is 18.7 Å². The number of amides is 1. The van der Waals surface area contributed by atoms with Crippen LogP contribution in [0.1, 0.15) is 18.2 Å². The maximum Gasteiger partial charge on any atom is 0.261 e. The minimum absolute atomic E-state index is 0.175. The molecule has 24 heavy (non-hydrogen) atoms. The molecule has 7 heteroatoms. The highest BCUT2D eigenvalue weighted by Gasteiger charge is 2.05. The predicted octanol–water partition coefficient (Wildman–Crippen LogP) is 2.35. The second-order valence-corrected chi connectivity index (χ2v) is 4.71. The first-order valence-corrected chi connectivity index (χ1v) is 7.48. The van der Waals surface area contributed by atoms with Crippen LogP contribution in [0.15, 0.2) is 46.2 Å². The lowest BCUT2D eigenvalue weighted by molar-refractivity contribution is -0.125. The fourth-order valence-electron chi connectivity index (χ4n) is 1.88. The van der Waals surface area contributed by atoms with Crippen molar-refractivity contribution in [1.82, 2.24) is 5.32 Å². The molecule has 0 saturated heterocycles. The summed E-state index contributed by atoms with van der Waals surface area (Å²) in [7, 11) is 1.57. The lowest BCUT2D eigenvalue weighted by atomic mass is 10.2. The number of methoxy groups -OCH3 is 1. The van der Waals surface area contributed by atoms with Crippen molar-refractivity contribution in [3.05, 3.63) is 47.9 Å². The molecule has 0 aliphatic carbocycles. The molecule has 1 aromatic carbocycles. The highest BCUT2D eigenvalue weighted by molar-refractivity contribution is 5.81. The van der Waals surface area contributed by atoms with Gasteiger partial charge in [0.15, 0.2) is 18.1 Å². The van der Waals surface area contributed by atoms with Gasteiger partial charge in [0.05, 0.1) is 32.7 Å². The maximum absolute atomic E-state index is 11.6. The van der Waals surface area contributed by atoms with E-state index in [1.165, 1.54) is 6.21 Å². The molecule has 0 saturated carbocycles. The average molecular weight is 332 g/mol. The van der Waals surface area contributed by atoms with Crippen LogP contribution in [0.5, 0.6) is 11.5 Å². The van der Waals surface area contributed by atoms with Crippen molar-refractivity contribution in [3.63, 3.8) is 0 Å². The molecular weight excluding hydrogens is 312 g/mol. The fourth-order valence-corrected chi connectivity index (χ4v) is 1.88. The van der Waals surface area contributed by atoms with Crippen LogP contribution in [0, 0.1) is 0 Å². The SMILES string of the molecule is CCOc1ccc(/C=N/OCC(=O)NCc2ccco2)cc1OC. The van der Waals surface area contributed by atoms with Gasteiger partial charge in [0.2, 0.25) is 0 Å². The monoisotopic (exact) mass is 332 g/mol. The Kier molecular flexibility index (Phi) is 6.70. The number of furan rings is 1. The molecule has 0 atom stereocenters. The molecule has 1 amide bonds. The summed E-state index contributed by atoms with van der Waals surface area (Å²) in [5.41, 5.74) is 0.770. The second-order valence-electron chi connectivity index (χ2n) is 4.71. The first kappa shape index (κ1) is 17.4. The topological polar surface area (TPSA) is 82.3 Å². The number of hydrogen-bond donors (Lipinski definition) is 1. The molecular formula is C17H20N2O5. The number of carbonyl (C=O) groups excluding carboxylic acids is 1. The normalized spacial score (nSPS) is 10.6. The van der Waals surface area contributed by atoms with E-state index in [0.717, 1.165) is 5.56 Å². The standard InChI is InChI=1S/C17H20N2O5/c1-3-22-15-7-6-13(9-16(15)21-2)10-19-24-12-17(20)18-11-14-5-4-8-23-14/h4-10H,3,11-12H2,1-2H3,(H,18,20)/b19-10+. The summed E-state index contributed by atoms with van der Waals surface area (Å²) in [6.07, 6.45) is 3.05. The molecule has 0 aliphatic heterocycles. The first-order valence-electron chi connectivity index (χ1n) is 7.48. The van der Waals surface area contributed by atoms with Crippen LogP contribution in [0.25, 0.3) is 0 Å².